The fourth-order valence-electron chi connectivity index (χ4n) is 3.76. The van der Waals surface area contributed by atoms with Gasteiger partial charge >= 0.3 is 5.97 Å². The maximum atomic E-state index is 13.0. The summed E-state index contributed by atoms with van der Waals surface area (Å²) in [7, 11) is 0.605. The highest BCUT2D eigenvalue weighted by Gasteiger charge is 2.33. The highest BCUT2D eigenvalue weighted by molar-refractivity contribution is 7.89. The molecule has 2 aromatic rings. The van der Waals surface area contributed by atoms with Crippen LogP contribution in [0.25, 0.3) is 0 Å². The van der Waals surface area contributed by atoms with Gasteiger partial charge < -0.3 is 19.5 Å². The topological polar surface area (TPSA) is 111 Å². The fraction of sp³-hybridized carbons (Fsp3) is 0.391. The van der Waals surface area contributed by atoms with Gasteiger partial charge in [-0.2, -0.15) is 4.31 Å². The number of hydrogen-bond donors (Lipinski definition) is 1. The number of piperidine rings is 1. The van der Waals surface area contributed by atoms with Crippen LogP contribution in [0.3, 0.4) is 0 Å². The lowest BCUT2D eigenvalue weighted by Gasteiger charge is -2.30. The van der Waals surface area contributed by atoms with Gasteiger partial charge in [0.05, 0.1) is 38.6 Å². The van der Waals surface area contributed by atoms with Gasteiger partial charge in [-0.1, -0.05) is 6.07 Å². The van der Waals surface area contributed by atoms with Crippen LogP contribution in [0.5, 0.6) is 11.5 Å². The highest BCUT2D eigenvalue weighted by atomic mass is 32.2. The van der Waals surface area contributed by atoms with Crippen LogP contribution in [-0.4, -0.2) is 59.0 Å². The molecule has 0 bridgehead atoms. The second-order valence-corrected chi connectivity index (χ2v) is 9.60. The Morgan fingerprint density at radius 3 is 2.36 bits per heavy atom. The summed E-state index contributed by atoms with van der Waals surface area (Å²) in [5.74, 6) is -0.0135. The summed E-state index contributed by atoms with van der Waals surface area (Å²) in [6.07, 6.45) is 1.30. The number of hydrogen-bond acceptors (Lipinski definition) is 7. The fourth-order valence-corrected chi connectivity index (χ4v) is 5.28. The Kier molecular flexibility index (Phi) is 7.93. The molecule has 0 saturated carbocycles. The summed E-state index contributed by atoms with van der Waals surface area (Å²) in [6, 6.07) is 11.2. The molecule has 1 fully saturated rings. The quantitative estimate of drug-likeness (QED) is 0.583. The van der Waals surface area contributed by atoms with Gasteiger partial charge in [-0.15, -0.1) is 0 Å². The van der Waals surface area contributed by atoms with Crippen molar-refractivity contribution in [3.05, 3.63) is 48.0 Å². The third-order valence-corrected chi connectivity index (χ3v) is 7.39. The van der Waals surface area contributed by atoms with E-state index < -0.39 is 21.9 Å². The van der Waals surface area contributed by atoms with E-state index in [9.17, 15) is 18.0 Å². The second-order valence-electron chi connectivity index (χ2n) is 7.66. The maximum absolute atomic E-state index is 13.0. The highest BCUT2D eigenvalue weighted by Crippen LogP contribution is 2.28. The van der Waals surface area contributed by atoms with Crippen molar-refractivity contribution in [2.45, 2.75) is 24.2 Å². The molecule has 1 saturated heterocycles. The van der Waals surface area contributed by atoms with Gasteiger partial charge in [-0.25, -0.2) is 8.42 Å². The number of nitrogens with one attached hydrogen (secondary N) is 1. The van der Waals surface area contributed by atoms with E-state index in [-0.39, 0.29) is 23.8 Å². The minimum Gasteiger partial charge on any atom is -0.493 e. The SMILES string of the molecule is COC(=O)C1CCCN(S(=O)(=O)c2ccc(NC(=O)Cc3ccc(OC)c(OC)c3)cc2)C1. The molecular weight excluding hydrogens is 448 g/mol. The van der Waals surface area contributed by atoms with Crippen molar-refractivity contribution in [3.8, 4) is 11.5 Å². The lowest BCUT2D eigenvalue weighted by atomic mass is 10.0. The van der Waals surface area contributed by atoms with Crippen LogP contribution in [0.15, 0.2) is 47.4 Å². The van der Waals surface area contributed by atoms with E-state index in [0.29, 0.717) is 36.6 Å². The van der Waals surface area contributed by atoms with Crippen molar-refractivity contribution in [2.75, 3.05) is 39.7 Å². The van der Waals surface area contributed by atoms with E-state index in [4.69, 9.17) is 14.2 Å². The molecule has 1 aliphatic heterocycles. The molecule has 1 N–H and O–H groups in total. The number of benzene rings is 2. The van der Waals surface area contributed by atoms with E-state index in [1.54, 1.807) is 30.3 Å². The molecule has 9 nitrogen and oxygen atoms in total. The van der Waals surface area contributed by atoms with Gasteiger partial charge in [-0.3, -0.25) is 9.59 Å². The monoisotopic (exact) mass is 476 g/mol. The first-order valence-electron chi connectivity index (χ1n) is 10.5. The van der Waals surface area contributed by atoms with Crippen molar-refractivity contribution in [2.24, 2.45) is 5.92 Å². The van der Waals surface area contributed by atoms with Crippen molar-refractivity contribution in [3.63, 3.8) is 0 Å². The van der Waals surface area contributed by atoms with Crippen LogP contribution in [0.1, 0.15) is 18.4 Å². The first-order valence-corrected chi connectivity index (χ1v) is 11.9. The summed E-state index contributed by atoms with van der Waals surface area (Å²) < 4.78 is 42.5. The average Bonchev–Trinajstić information content (AvgIpc) is 2.83. The predicted molar refractivity (Wildman–Crippen MR) is 122 cm³/mol. The summed E-state index contributed by atoms with van der Waals surface area (Å²) in [5.41, 5.74) is 1.22. The molecule has 0 radical (unpaired) electrons. The molecule has 1 unspecified atom stereocenters. The van der Waals surface area contributed by atoms with Crippen LogP contribution in [0.4, 0.5) is 5.69 Å². The normalized spacial score (nSPS) is 16.6. The molecule has 2 aromatic carbocycles. The zero-order chi connectivity index (χ0) is 24.0. The summed E-state index contributed by atoms with van der Waals surface area (Å²) in [5, 5.41) is 2.76. The van der Waals surface area contributed by atoms with Crippen LogP contribution in [-0.2, 0) is 30.8 Å². The molecule has 33 heavy (non-hydrogen) atoms. The third kappa shape index (κ3) is 5.82. The van der Waals surface area contributed by atoms with E-state index in [2.05, 4.69) is 5.32 Å². The average molecular weight is 477 g/mol. The molecule has 0 aliphatic carbocycles. The van der Waals surface area contributed by atoms with Crippen LogP contribution in [0, 0.1) is 5.92 Å². The number of esters is 1. The standard InChI is InChI=1S/C23H28N2O7S/c1-30-20-11-6-16(13-21(20)31-2)14-22(26)24-18-7-9-19(10-8-18)33(28,29)25-12-4-5-17(15-25)23(27)32-3/h6-11,13,17H,4-5,12,14-15H2,1-3H3,(H,24,26). The Morgan fingerprint density at radius 1 is 1.03 bits per heavy atom. The van der Waals surface area contributed by atoms with Crippen molar-refractivity contribution >= 4 is 27.6 Å². The number of amides is 1. The number of anilines is 1. The van der Waals surface area contributed by atoms with Gasteiger partial charge in [0.1, 0.15) is 0 Å². The van der Waals surface area contributed by atoms with Crippen LogP contribution >= 0.6 is 0 Å². The molecular formula is C23H28N2O7S. The molecule has 1 atom stereocenters. The Hall–Kier alpha value is -3.11. The van der Waals surface area contributed by atoms with Gasteiger partial charge in [-0.05, 0) is 54.8 Å². The lowest BCUT2D eigenvalue weighted by molar-refractivity contribution is -0.146. The Labute approximate surface area is 193 Å². The van der Waals surface area contributed by atoms with E-state index in [1.165, 1.54) is 37.8 Å². The van der Waals surface area contributed by atoms with Gasteiger partial charge in [0.15, 0.2) is 11.5 Å². The first kappa shape index (κ1) is 24.5. The van der Waals surface area contributed by atoms with Crippen LogP contribution < -0.4 is 14.8 Å². The molecule has 0 aromatic heterocycles. The second kappa shape index (κ2) is 10.7. The number of carbonyl (C=O) groups excluding carboxylic acids is 2. The van der Waals surface area contributed by atoms with Crippen LogP contribution in [0.2, 0.25) is 0 Å². The minimum atomic E-state index is -3.76. The lowest BCUT2D eigenvalue weighted by Crippen LogP contribution is -2.42. The van der Waals surface area contributed by atoms with E-state index in [0.717, 1.165) is 5.56 Å². The molecule has 1 amide bonds. The predicted octanol–water partition coefficient (Wildman–Crippen LogP) is 2.46. The number of sulfonamides is 1. The smallest absolute Gasteiger partial charge is 0.309 e. The van der Waals surface area contributed by atoms with Gasteiger partial charge in [0, 0.05) is 18.8 Å². The van der Waals surface area contributed by atoms with Crippen molar-refractivity contribution in [1.82, 2.24) is 4.31 Å². The van der Waals surface area contributed by atoms with E-state index in [1.807, 2.05) is 0 Å². The summed E-state index contributed by atoms with van der Waals surface area (Å²) in [6.45, 7) is 0.443. The van der Waals surface area contributed by atoms with Gasteiger partial charge in [0.2, 0.25) is 15.9 Å². The van der Waals surface area contributed by atoms with Crippen molar-refractivity contribution in [1.29, 1.82) is 0 Å². The molecule has 0 spiro atoms. The first-order chi connectivity index (χ1) is 15.8. The molecule has 1 heterocycles. The summed E-state index contributed by atoms with van der Waals surface area (Å²) in [4.78, 5) is 24.4. The Morgan fingerprint density at radius 2 is 1.73 bits per heavy atom. The molecule has 1 aliphatic rings. The number of ether oxygens (including phenoxy) is 3. The Balaban J connectivity index is 1.65. The van der Waals surface area contributed by atoms with Crippen molar-refractivity contribution < 1.29 is 32.2 Å². The van der Waals surface area contributed by atoms with E-state index >= 15 is 0 Å². The molecule has 178 valence electrons. The van der Waals surface area contributed by atoms with Gasteiger partial charge in [0.25, 0.3) is 0 Å². The maximum Gasteiger partial charge on any atom is 0.309 e. The molecule has 10 heteroatoms. The third-order valence-electron chi connectivity index (χ3n) is 5.51. The molecule has 3 rings (SSSR count). The number of carbonyl (C=O) groups is 2. The minimum absolute atomic E-state index is 0.0960. The number of methoxy groups -OCH3 is 3. The number of nitrogens with zero attached hydrogens (tertiary/aromatic N) is 1. The summed E-state index contributed by atoms with van der Waals surface area (Å²) >= 11 is 0. The zero-order valence-electron chi connectivity index (χ0n) is 18.9. The Bertz CT molecular complexity index is 1100. The number of rotatable bonds is 8. The zero-order valence-corrected chi connectivity index (χ0v) is 19.7. The largest absolute Gasteiger partial charge is 0.493 e.